The van der Waals surface area contributed by atoms with Crippen molar-refractivity contribution in [3.63, 3.8) is 0 Å². The predicted molar refractivity (Wildman–Crippen MR) is 168 cm³/mol. The number of nitrogens with zero attached hydrogens (tertiary/aromatic N) is 2. The molecule has 1 fully saturated rings. The van der Waals surface area contributed by atoms with Crippen LogP contribution in [0.5, 0.6) is 5.75 Å². The molecule has 1 aliphatic carbocycles. The van der Waals surface area contributed by atoms with Crippen molar-refractivity contribution in [1.29, 1.82) is 0 Å². The third-order valence-electron chi connectivity index (χ3n) is 8.00. The first-order valence-electron chi connectivity index (χ1n) is 15.2. The Hall–Kier alpha value is -4.39. The van der Waals surface area contributed by atoms with Crippen molar-refractivity contribution in [1.82, 2.24) is 19.6 Å². The molecule has 0 saturated heterocycles. The van der Waals surface area contributed by atoms with E-state index in [0.29, 0.717) is 23.2 Å². The molecule has 0 bridgehead atoms. The Morgan fingerprint density at radius 1 is 1.00 bits per heavy atom. The van der Waals surface area contributed by atoms with E-state index in [9.17, 15) is 31.2 Å². The molecule has 1 heterocycles. The number of rotatable bonds is 10. The molecule has 5 rings (SSSR count). The van der Waals surface area contributed by atoms with Crippen LogP contribution in [0.3, 0.4) is 0 Å². The number of benzene rings is 3. The molecule has 1 aromatic heterocycles. The Morgan fingerprint density at radius 3 is 2.41 bits per heavy atom. The van der Waals surface area contributed by atoms with E-state index in [1.165, 1.54) is 18.6 Å². The van der Waals surface area contributed by atoms with Crippen molar-refractivity contribution in [3.8, 4) is 16.9 Å². The van der Waals surface area contributed by atoms with Gasteiger partial charge in [0.15, 0.2) is 0 Å². The lowest BCUT2D eigenvalue weighted by atomic mass is 9.95. The molecule has 0 spiro atoms. The number of fused-ring (bicyclic) bond motifs is 1. The van der Waals surface area contributed by atoms with E-state index in [4.69, 9.17) is 9.72 Å². The fourth-order valence-electron chi connectivity index (χ4n) is 5.59. The minimum atomic E-state index is -5.92. The smallest absolute Gasteiger partial charge is 0.409 e. The topological polar surface area (TPSA) is 119 Å². The van der Waals surface area contributed by atoms with Gasteiger partial charge in [0.05, 0.1) is 11.0 Å². The third kappa shape index (κ3) is 7.69. The van der Waals surface area contributed by atoms with Crippen molar-refractivity contribution >= 4 is 33.1 Å². The van der Waals surface area contributed by atoms with Crippen LogP contribution in [-0.4, -0.2) is 41.5 Å². The molecule has 1 saturated carbocycles. The highest BCUT2D eigenvalue weighted by Gasteiger charge is 2.47. The summed E-state index contributed by atoms with van der Waals surface area (Å²) >= 11 is 0. The van der Waals surface area contributed by atoms with Crippen LogP contribution in [0.15, 0.2) is 66.7 Å². The van der Waals surface area contributed by atoms with Crippen LogP contribution in [0.25, 0.3) is 22.2 Å². The van der Waals surface area contributed by atoms with Crippen molar-refractivity contribution < 1.29 is 35.9 Å². The van der Waals surface area contributed by atoms with Gasteiger partial charge in [0.25, 0.3) is 5.91 Å². The minimum absolute atomic E-state index is 0.0911. The van der Waals surface area contributed by atoms with Crippen molar-refractivity contribution in [3.05, 3.63) is 83.7 Å². The van der Waals surface area contributed by atoms with Crippen molar-refractivity contribution in [2.45, 2.75) is 76.4 Å². The average Bonchev–Trinajstić information content (AvgIpc) is 3.36. The van der Waals surface area contributed by atoms with Gasteiger partial charge >= 0.3 is 21.6 Å². The second kappa shape index (κ2) is 13.9. The summed E-state index contributed by atoms with van der Waals surface area (Å²) in [4.78, 5) is 30.0. The molecule has 244 valence electrons. The van der Waals surface area contributed by atoms with Gasteiger partial charge in [-0.3, -0.25) is 4.79 Å². The van der Waals surface area contributed by atoms with E-state index >= 15 is 0 Å². The van der Waals surface area contributed by atoms with E-state index in [2.05, 4.69) is 16.8 Å². The maximum atomic E-state index is 13.1. The summed E-state index contributed by atoms with van der Waals surface area (Å²) in [6, 6.07) is 19.2. The van der Waals surface area contributed by atoms with E-state index in [1.807, 2.05) is 30.3 Å². The first kappa shape index (κ1) is 33.0. The fraction of sp³-hybridized carbons (Fsp3) is 0.364. The molecule has 3 aromatic carbocycles. The van der Waals surface area contributed by atoms with Crippen LogP contribution in [-0.2, 0) is 23.0 Å². The molecule has 0 atom stereocenters. The number of ether oxygens (including phenoxy) is 1. The Morgan fingerprint density at radius 2 is 1.72 bits per heavy atom. The number of halogens is 3. The predicted octanol–water partition coefficient (Wildman–Crippen LogP) is 7.09. The maximum Gasteiger partial charge on any atom is 0.516 e. The van der Waals surface area contributed by atoms with Crippen LogP contribution < -0.4 is 14.8 Å². The summed E-state index contributed by atoms with van der Waals surface area (Å²) in [6.07, 6.45) is 6.37. The Balaban J connectivity index is 1.37. The van der Waals surface area contributed by atoms with Gasteiger partial charge in [-0.15, -0.1) is 0 Å². The number of carbonyl (C=O) groups is 2. The molecule has 46 heavy (non-hydrogen) atoms. The summed E-state index contributed by atoms with van der Waals surface area (Å²) < 4.78 is 68.6. The molecule has 13 heteroatoms. The molecule has 2 N–H and O–H groups in total. The standard InChI is InChI=1S/C33H35F3N4O5S/c1-2-3-13-30-38-27-19-18-24(31(41)37-25-9-5-4-6-10-25)20-28(27)40(30)21-22-14-16-23(17-15-22)26-11-7-8-12-29(26)45-32(42)39-46(43,44)33(34,35)36/h7-8,11-12,14-20,25H,2-6,9-10,13,21H2,1H3,(H,37,41)(H,39,42). The summed E-state index contributed by atoms with van der Waals surface area (Å²) in [5.74, 6) is 0.697. The normalized spacial score (nSPS) is 14.3. The van der Waals surface area contributed by atoms with Crippen LogP contribution in [0.4, 0.5) is 18.0 Å². The molecule has 0 radical (unpaired) electrons. The SMILES string of the molecule is CCCCc1nc2ccc(C(=O)NC3CCCCC3)cc2n1Cc1ccc(-c2ccccc2OC(=O)NS(=O)(=O)C(F)(F)F)cc1. The van der Waals surface area contributed by atoms with Gasteiger partial charge in [-0.05, 0) is 54.7 Å². The van der Waals surface area contributed by atoms with Crippen LogP contribution in [0.1, 0.15) is 73.6 Å². The Kier molecular flexibility index (Phi) is 10.00. The first-order valence-corrected chi connectivity index (χ1v) is 16.7. The van der Waals surface area contributed by atoms with Gasteiger partial charge in [0, 0.05) is 30.1 Å². The number of aromatic nitrogens is 2. The summed E-state index contributed by atoms with van der Waals surface area (Å²) in [7, 11) is -5.92. The number of hydrogen-bond acceptors (Lipinski definition) is 6. The number of carbonyl (C=O) groups excluding carboxylic acids is 2. The zero-order chi connectivity index (χ0) is 32.9. The molecule has 4 aromatic rings. The molecule has 0 unspecified atom stereocenters. The van der Waals surface area contributed by atoms with Crippen molar-refractivity contribution in [2.75, 3.05) is 0 Å². The molecular formula is C33H35F3N4O5S. The maximum absolute atomic E-state index is 13.1. The Labute approximate surface area is 265 Å². The number of para-hydroxylation sites is 1. The number of unbranched alkanes of at least 4 members (excludes halogenated alkanes) is 1. The average molecular weight is 657 g/mol. The summed E-state index contributed by atoms with van der Waals surface area (Å²) in [5.41, 5.74) is -1.54. The number of aryl methyl sites for hydroxylation is 1. The number of alkyl halides is 3. The number of imidazole rings is 1. The quantitative estimate of drug-likeness (QED) is 0.188. The summed E-state index contributed by atoms with van der Waals surface area (Å²) in [5, 5.41) is 3.18. The first-order chi connectivity index (χ1) is 21.9. The second-order valence-electron chi connectivity index (χ2n) is 11.4. The van der Waals surface area contributed by atoms with Gasteiger partial charge < -0.3 is 14.6 Å². The van der Waals surface area contributed by atoms with Crippen LogP contribution >= 0.6 is 0 Å². The molecule has 1 aliphatic rings. The molecule has 2 amide bonds. The lowest BCUT2D eigenvalue weighted by molar-refractivity contribution is -0.0446. The molecular weight excluding hydrogens is 621 g/mol. The van der Waals surface area contributed by atoms with Gasteiger partial charge in [-0.1, -0.05) is 75.1 Å². The van der Waals surface area contributed by atoms with Gasteiger partial charge in [-0.25, -0.2) is 14.5 Å². The highest BCUT2D eigenvalue weighted by Crippen LogP contribution is 2.31. The van der Waals surface area contributed by atoms with Gasteiger partial charge in [-0.2, -0.15) is 21.6 Å². The Bertz CT molecular complexity index is 1820. The largest absolute Gasteiger partial charge is 0.516 e. The second-order valence-corrected chi connectivity index (χ2v) is 13.0. The third-order valence-corrected chi connectivity index (χ3v) is 9.05. The van der Waals surface area contributed by atoms with Gasteiger partial charge in [0.2, 0.25) is 0 Å². The van der Waals surface area contributed by atoms with E-state index < -0.39 is 21.6 Å². The zero-order valence-corrected chi connectivity index (χ0v) is 26.1. The van der Waals surface area contributed by atoms with E-state index in [1.54, 1.807) is 24.3 Å². The van der Waals surface area contributed by atoms with Crippen LogP contribution in [0.2, 0.25) is 0 Å². The highest BCUT2D eigenvalue weighted by atomic mass is 32.2. The summed E-state index contributed by atoms with van der Waals surface area (Å²) in [6.45, 7) is 2.58. The lowest BCUT2D eigenvalue weighted by Gasteiger charge is -2.22. The minimum Gasteiger partial charge on any atom is -0.409 e. The number of amides is 2. The zero-order valence-electron chi connectivity index (χ0n) is 25.3. The highest BCUT2D eigenvalue weighted by molar-refractivity contribution is 7.90. The molecule has 0 aliphatic heterocycles. The van der Waals surface area contributed by atoms with Crippen molar-refractivity contribution in [2.24, 2.45) is 0 Å². The number of hydrogen-bond donors (Lipinski definition) is 2. The number of sulfonamides is 1. The fourth-order valence-corrected chi connectivity index (χ4v) is 5.96. The van der Waals surface area contributed by atoms with E-state index in [0.717, 1.165) is 72.1 Å². The van der Waals surface area contributed by atoms with E-state index in [-0.39, 0.29) is 17.7 Å². The number of nitrogens with one attached hydrogen (secondary N) is 2. The monoisotopic (exact) mass is 656 g/mol. The lowest BCUT2D eigenvalue weighted by Crippen LogP contribution is -2.41. The molecule has 9 nitrogen and oxygen atoms in total. The van der Waals surface area contributed by atoms with Crippen LogP contribution in [0, 0.1) is 0 Å². The van der Waals surface area contributed by atoms with Gasteiger partial charge in [0.1, 0.15) is 11.6 Å².